The normalized spacial score (nSPS) is 12.2. The van der Waals surface area contributed by atoms with Crippen LogP contribution in [0.2, 0.25) is 0 Å². The molecule has 0 aliphatic carbocycles. The van der Waals surface area contributed by atoms with Crippen LogP contribution in [-0.4, -0.2) is 6.71 Å². The Hall–Kier alpha value is -6.00. The predicted molar refractivity (Wildman–Crippen MR) is 199 cm³/mol. The summed E-state index contributed by atoms with van der Waals surface area (Å²) in [6.07, 6.45) is 0. The van der Waals surface area contributed by atoms with Crippen molar-refractivity contribution in [1.82, 2.24) is 0 Å². The van der Waals surface area contributed by atoms with Crippen LogP contribution in [0.25, 0.3) is 22.3 Å². The second-order valence-electron chi connectivity index (χ2n) is 12.7. The maximum Gasteiger partial charge on any atom is 0.260 e. The summed E-state index contributed by atoms with van der Waals surface area (Å²) in [5.41, 5.74) is 13.5. The van der Waals surface area contributed by atoms with Gasteiger partial charge in [0.05, 0.1) is 5.69 Å². The van der Waals surface area contributed by atoms with Gasteiger partial charge in [-0.15, -0.1) is 0 Å². The smallest absolute Gasteiger partial charge is 0.260 e. The maximum absolute atomic E-state index is 6.89. The predicted octanol–water partition coefficient (Wildman–Crippen LogP) is 9.83. The highest BCUT2D eigenvalue weighted by Gasteiger charge is 2.41. The lowest BCUT2D eigenvalue weighted by molar-refractivity contribution is 0.465. The fourth-order valence-corrected chi connectivity index (χ4v) is 7.06. The first-order valence-corrected chi connectivity index (χ1v) is 16.4. The molecule has 0 radical (unpaired) electrons. The number of rotatable bonds is 5. The summed E-state index contributed by atoms with van der Waals surface area (Å²) in [5.74, 6) is 3.36. The van der Waals surface area contributed by atoms with Crippen LogP contribution in [0.1, 0.15) is 11.1 Å². The average Bonchev–Trinajstić information content (AvgIpc) is 3.13. The summed E-state index contributed by atoms with van der Waals surface area (Å²) in [5, 5.41) is 0. The van der Waals surface area contributed by atoms with Crippen LogP contribution in [0.5, 0.6) is 23.0 Å². The van der Waals surface area contributed by atoms with Crippen molar-refractivity contribution in [2.75, 3.05) is 4.90 Å². The summed E-state index contributed by atoms with van der Waals surface area (Å²) in [4.78, 5) is 2.28. The highest BCUT2D eigenvalue weighted by molar-refractivity contribution is 6.98. The quantitative estimate of drug-likeness (QED) is 0.180. The molecule has 9 rings (SSSR count). The van der Waals surface area contributed by atoms with Gasteiger partial charge in [-0.05, 0) is 83.4 Å². The number of anilines is 3. The molecule has 0 bridgehead atoms. The minimum atomic E-state index is -0.0293. The Balaban J connectivity index is 1.25. The van der Waals surface area contributed by atoms with Gasteiger partial charge in [0.15, 0.2) is 0 Å². The van der Waals surface area contributed by atoms with Crippen LogP contribution < -0.4 is 30.8 Å². The van der Waals surface area contributed by atoms with E-state index in [2.05, 4.69) is 164 Å². The van der Waals surface area contributed by atoms with E-state index in [1.807, 2.05) is 12.1 Å². The zero-order valence-electron chi connectivity index (χ0n) is 26.9. The van der Waals surface area contributed by atoms with E-state index in [1.165, 1.54) is 11.1 Å². The van der Waals surface area contributed by atoms with E-state index in [0.29, 0.717) is 0 Å². The Morgan fingerprint density at radius 2 is 0.833 bits per heavy atom. The van der Waals surface area contributed by atoms with Gasteiger partial charge < -0.3 is 14.4 Å². The first-order valence-electron chi connectivity index (χ1n) is 16.4. The fraction of sp³-hybridized carbons (Fsp3) is 0.0455. The Morgan fingerprint density at radius 3 is 1.27 bits per heavy atom. The molecular formula is C44H32BNO2. The van der Waals surface area contributed by atoms with Gasteiger partial charge in [0.1, 0.15) is 23.0 Å². The largest absolute Gasteiger partial charge is 0.458 e. The van der Waals surface area contributed by atoms with Crippen molar-refractivity contribution >= 4 is 40.2 Å². The van der Waals surface area contributed by atoms with Crippen LogP contribution in [0.3, 0.4) is 0 Å². The van der Waals surface area contributed by atoms with Gasteiger partial charge in [0, 0.05) is 29.0 Å². The van der Waals surface area contributed by atoms with Crippen molar-refractivity contribution in [3.05, 3.63) is 169 Å². The first kappa shape index (κ1) is 28.2. The molecule has 7 aromatic carbocycles. The van der Waals surface area contributed by atoms with Crippen molar-refractivity contribution in [1.29, 1.82) is 0 Å². The number of hydrogen-bond donors (Lipinski definition) is 0. The second kappa shape index (κ2) is 11.4. The van der Waals surface area contributed by atoms with Crippen molar-refractivity contribution in [3.8, 4) is 45.3 Å². The molecule has 0 atom stereocenters. The lowest BCUT2D eigenvalue weighted by Gasteiger charge is -2.35. The van der Waals surface area contributed by atoms with Crippen molar-refractivity contribution < 1.29 is 9.47 Å². The molecule has 4 heteroatoms. The first-order chi connectivity index (χ1) is 23.6. The van der Waals surface area contributed by atoms with Gasteiger partial charge >= 0.3 is 0 Å². The summed E-state index contributed by atoms with van der Waals surface area (Å²) in [6.45, 7) is 4.21. The van der Waals surface area contributed by atoms with Crippen molar-refractivity contribution in [3.63, 3.8) is 0 Å². The van der Waals surface area contributed by atoms with Gasteiger partial charge in [-0.1, -0.05) is 120 Å². The number of hydrogen-bond acceptors (Lipinski definition) is 3. The molecule has 0 aromatic heterocycles. The van der Waals surface area contributed by atoms with Gasteiger partial charge in [-0.3, -0.25) is 0 Å². The topological polar surface area (TPSA) is 21.7 Å². The molecule has 0 amide bonds. The van der Waals surface area contributed by atoms with Gasteiger partial charge in [-0.25, -0.2) is 0 Å². The minimum Gasteiger partial charge on any atom is -0.458 e. The summed E-state index contributed by atoms with van der Waals surface area (Å²) < 4.78 is 13.8. The van der Waals surface area contributed by atoms with Gasteiger partial charge in [-0.2, -0.15) is 0 Å². The van der Waals surface area contributed by atoms with Crippen LogP contribution >= 0.6 is 0 Å². The molecule has 0 saturated heterocycles. The fourth-order valence-electron chi connectivity index (χ4n) is 7.06. The minimum absolute atomic E-state index is 0.0293. The van der Waals surface area contributed by atoms with E-state index < -0.39 is 0 Å². The molecule has 0 fully saturated rings. The second-order valence-corrected chi connectivity index (χ2v) is 12.7. The van der Waals surface area contributed by atoms with E-state index in [-0.39, 0.29) is 6.71 Å². The van der Waals surface area contributed by atoms with E-state index in [9.17, 15) is 0 Å². The van der Waals surface area contributed by atoms with Crippen LogP contribution in [-0.2, 0) is 0 Å². The van der Waals surface area contributed by atoms with E-state index >= 15 is 0 Å². The molecule has 0 saturated carbocycles. The van der Waals surface area contributed by atoms with Crippen molar-refractivity contribution in [2.24, 2.45) is 0 Å². The number of nitrogens with zero attached hydrogens (tertiary/aromatic N) is 1. The molecular weight excluding hydrogens is 585 g/mol. The molecule has 2 heterocycles. The Labute approximate surface area is 281 Å². The van der Waals surface area contributed by atoms with Crippen LogP contribution in [0.4, 0.5) is 17.1 Å². The molecule has 0 unspecified atom stereocenters. The Kier molecular flexibility index (Phi) is 6.68. The van der Waals surface area contributed by atoms with E-state index in [1.54, 1.807) is 0 Å². The molecule has 48 heavy (non-hydrogen) atoms. The molecule has 0 spiro atoms. The average molecular weight is 618 g/mol. The molecule has 228 valence electrons. The van der Waals surface area contributed by atoms with Crippen LogP contribution in [0, 0.1) is 13.8 Å². The number of benzene rings is 7. The number of aryl methyl sites for hydroxylation is 2. The number of ether oxygens (including phenoxy) is 2. The molecule has 7 aromatic rings. The van der Waals surface area contributed by atoms with Crippen molar-refractivity contribution in [2.45, 2.75) is 13.8 Å². The third kappa shape index (κ3) is 4.85. The Bertz CT molecular complexity index is 2140. The highest BCUT2D eigenvalue weighted by Crippen LogP contribution is 2.43. The monoisotopic (exact) mass is 617 g/mol. The summed E-state index contributed by atoms with van der Waals surface area (Å²) >= 11 is 0. The van der Waals surface area contributed by atoms with E-state index in [0.717, 1.165) is 78.7 Å². The third-order valence-corrected chi connectivity index (χ3v) is 9.52. The van der Waals surface area contributed by atoms with Gasteiger partial charge in [0.2, 0.25) is 0 Å². The lowest BCUT2D eigenvalue weighted by Crippen LogP contribution is -2.57. The van der Waals surface area contributed by atoms with Gasteiger partial charge in [0.25, 0.3) is 6.71 Å². The standard InChI is InChI=1S/C44H32BNO2/c1-29-13-19-35(20-14-29)46(36-21-15-30(2)16-22-36)37-27-42-44-43(28-37)48-41-26-34(32-11-7-4-8-12-32)18-24-39(41)45(44)38-23-17-33(25-40(38)47-42)31-9-5-3-6-10-31/h3-28H,1-2H3. The van der Waals surface area contributed by atoms with Crippen LogP contribution in [0.15, 0.2) is 158 Å². The molecule has 0 N–H and O–H groups in total. The van der Waals surface area contributed by atoms with E-state index in [4.69, 9.17) is 9.47 Å². The maximum atomic E-state index is 6.89. The SMILES string of the molecule is Cc1ccc(N(c2ccc(C)cc2)c2cc3c4c(c2)Oc2cc(-c5ccccc5)ccc2B4c2ccc(-c4ccccc4)cc2O3)cc1. The molecule has 2 aliphatic rings. The Morgan fingerprint density at radius 1 is 0.396 bits per heavy atom. The zero-order valence-corrected chi connectivity index (χ0v) is 26.9. The highest BCUT2D eigenvalue weighted by atomic mass is 16.5. The summed E-state index contributed by atoms with van der Waals surface area (Å²) in [7, 11) is 0. The number of fused-ring (bicyclic) bond motifs is 4. The lowest BCUT2D eigenvalue weighted by atomic mass is 9.34. The summed E-state index contributed by atoms with van der Waals surface area (Å²) in [6, 6.07) is 55.9. The molecule has 2 aliphatic heterocycles. The third-order valence-electron chi connectivity index (χ3n) is 9.52. The zero-order chi connectivity index (χ0) is 32.2. The molecule has 3 nitrogen and oxygen atoms in total.